The van der Waals surface area contributed by atoms with Crippen molar-refractivity contribution in [3.63, 3.8) is 0 Å². The number of fused-ring (bicyclic) bond motifs is 1. The Bertz CT molecular complexity index is 1250. The Hall–Kier alpha value is -3.53. The molecule has 34 heavy (non-hydrogen) atoms. The van der Waals surface area contributed by atoms with Crippen molar-refractivity contribution in [2.24, 2.45) is 0 Å². The first-order valence-corrected chi connectivity index (χ1v) is 12.0. The molecule has 3 aromatic carbocycles. The molecule has 3 aromatic rings. The van der Waals surface area contributed by atoms with Gasteiger partial charge in [-0.05, 0) is 58.7 Å². The van der Waals surface area contributed by atoms with Crippen molar-refractivity contribution in [3.8, 4) is 5.75 Å². The summed E-state index contributed by atoms with van der Waals surface area (Å²) in [5, 5.41) is 7.26. The molecule has 0 radical (unpaired) electrons. The van der Waals surface area contributed by atoms with Gasteiger partial charge in [0.2, 0.25) is 0 Å². The lowest BCUT2D eigenvalue weighted by Gasteiger charge is -2.30. The summed E-state index contributed by atoms with van der Waals surface area (Å²) in [5.41, 5.74) is 7.48. The van der Waals surface area contributed by atoms with Crippen LogP contribution in [0.4, 0.5) is 11.4 Å². The second-order valence-corrected chi connectivity index (χ2v) is 10.3. The number of methoxy groups -OCH3 is 1. The van der Waals surface area contributed by atoms with E-state index in [4.69, 9.17) is 4.74 Å². The summed E-state index contributed by atoms with van der Waals surface area (Å²) >= 11 is 0. The SMILES string of the molecule is COc1cccc(C2Nc3ccccc3NC3=C2C(=O)CC(c2ccc(C(C)(C)C)cc2)C3)c1. The topological polar surface area (TPSA) is 50.4 Å². The van der Waals surface area contributed by atoms with Crippen molar-refractivity contribution in [1.82, 2.24) is 0 Å². The van der Waals surface area contributed by atoms with Gasteiger partial charge in [-0.2, -0.15) is 0 Å². The molecular formula is C30H32N2O2. The molecule has 1 heterocycles. The number of carbonyl (C=O) groups is 1. The van der Waals surface area contributed by atoms with Gasteiger partial charge in [0.25, 0.3) is 0 Å². The van der Waals surface area contributed by atoms with Gasteiger partial charge in [0.15, 0.2) is 5.78 Å². The fraction of sp³-hybridized carbons (Fsp3) is 0.300. The molecule has 0 saturated heterocycles. The number of para-hydroxylation sites is 2. The highest BCUT2D eigenvalue weighted by Gasteiger charge is 2.36. The van der Waals surface area contributed by atoms with Crippen LogP contribution in [-0.4, -0.2) is 12.9 Å². The molecule has 4 nitrogen and oxygen atoms in total. The first kappa shape index (κ1) is 22.3. The Labute approximate surface area is 202 Å². The number of hydrogen-bond acceptors (Lipinski definition) is 4. The molecule has 1 aliphatic heterocycles. The maximum Gasteiger partial charge on any atom is 0.163 e. The van der Waals surface area contributed by atoms with Crippen LogP contribution in [0.15, 0.2) is 84.1 Å². The van der Waals surface area contributed by atoms with E-state index in [2.05, 4.69) is 73.9 Å². The number of Topliss-reactive ketones (excluding diaryl/α,β-unsaturated/α-hetero) is 1. The van der Waals surface area contributed by atoms with Crippen LogP contribution < -0.4 is 15.4 Å². The number of carbonyl (C=O) groups excluding carboxylic acids is 1. The third kappa shape index (κ3) is 4.21. The van der Waals surface area contributed by atoms with Gasteiger partial charge in [-0.3, -0.25) is 4.79 Å². The minimum Gasteiger partial charge on any atom is -0.497 e. The number of ether oxygens (including phenoxy) is 1. The standard InChI is InChI=1S/C30H32N2O2/c1-30(2,3)22-14-12-19(13-15-22)21-17-26-28(27(33)18-21)29(20-8-7-9-23(16-20)34-4)32-25-11-6-5-10-24(25)31-26/h5-16,21,29,31-32H,17-18H2,1-4H3. The van der Waals surface area contributed by atoms with Gasteiger partial charge >= 0.3 is 0 Å². The van der Waals surface area contributed by atoms with Gasteiger partial charge in [0.05, 0.1) is 24.5 Å². The fourth-order valence-corrected chi connectivity index (χ4v) is 5.05. The predicted molar refractivity (Wildman–Crippen MR) is 139 cm³/mol. The molecule has 0 amide bonds. The lowest BCUT2D eigenvalue weighted by molar-refractivity contribution is -0.116. The van der Waals surface area contributed by atoms with Gasteiger partial charge in [-0.1, -0.05) is 69.3 Å². The molecule has 0 fully saturated rings. The normalized spacial score (nSPS) is 19.9. The van der Waals surface area contributed by atoms with E-state index in [1.165, 1.54) is 11.1 Å². The van der Waals surface area contributed by atoms with E-state index in [0.29, 0.717) is 6.42 Å². The van der Waals surface area contributed by atoms with Gasteiger partial charge in [0.1, 0.15) is 5.75 Å². The summed E-state index contributed by atoms with van der Waals surface area (Å²) in [4.78, 5) is 13.7. The second kappa shape index (κ2) is 8.68. The fourth-order valence-electron chi connectivity index (χ4n) is 5.05. The highest BCUT2D eigenvalue weighted by atomic mass is 16.5. The molecule has 1 aliphatic carbocycles. The van der Waals surface area contributed by atoms with Gasteiger partial charge in [-0.25, -0.2) is 0 Å². The molecule has 2 N–H and O–H groups in total. The molecule has 5 rings (SSSR count). The first-order valence-electron chi connectivity index (χ1n) is 12.0. The number of anilines is 2. The molecule has 2 unspecified atom stereocenters. The number of rotatable bonds is 3. The largest absolute Gasteiger partial charge is 0.497 e. The average Bonchev–Trinajstić information content (AvgIpc) is 3.00. The molecule has 0 spiro atoms. The predicted octanol–water partition coefficient (Wildman–Crippen LogP) is 6.97. The summed E-state index contributed by atoms with van der Waals surface area (Å²) in [6.07, 6.45) is 1.31. The van der Waals surface area contributed by atoms with Crippen LogP contribution in [0, 0.1) is 0 Å². The second-order valence-electron chi connectivity index (χ2n) is 10.3. The van der Waals surface area contributed by atoms with Crippen molar-refractivity contribution in [1.29, 1.82) is 0 Å². The van der Waals surface area contributed by atoms with Crippen molar-refractivity contribution >= 4 is 17.2 Å². The lowest BCUT2D eigenvalue weighted by Crippen LogP contribution is -2.27. The zero-order chi connectivity index (χ0) is 23.9. The molecular weight excluding hydrogens is 420 g/mol. The van der Waals surface area contributed by atoms with E-state index < -0.39 is 0 Å². The Morgan fingerprint density at radius 2 is 1.59 bits per heavy atom. The number of nitrogens with one attached hydrogen (secondary N) is 2. The van der Waals surface area contributed by atoms with E-state index in [9.17, 15) is 4.79 Å². The molecule has 2 atom stereocenters. The Balaban J connectivity index is 1.55. The Kier molecular flexibility index (Phi) is 5.68. The Morgan fingerprint density at radius 3 is 2.29 bits per heavy atom. The van der Waals surface area contributed by atoms with Gasteiger partial charge < -0.3 is 15.4 Å². The van der Waals surface area contributed by atoms with Gasteiger partial charge in [-0.15, -0.1) is 0 Å². The molecule has 2 aliphatic rings. The molecule has 0 saturated carbocycles. The summed E-state index contributed by atoms with van der Waals surface area (Å²) in [7, 11) is 1.67. The van der Waals surface area contributed by atoms with Crippen molar-refractivity contribution in [2.75, 3.05) is 17.7 Å². The van der Waals surface area contributed by atoms with Crippen LogP contribution in [0.5, 0.6) is 5.75 Å². The van der Waals surface area contributed by atoms with E-state index in [1.807, 2.05) is 30.3 Å². The monoisotopic (exact) mass is 452 g/mol. The number of benzene rings is 3. The number of ketones is 1. The van der Waals surface area contributed by atoms with Crippen LogP contribution in [0.25, 0.3) is 0 Å². The molecule has 4 heteroatoms. The maximum atomic E-state index is 13.7. The number of hydrogen-bond donors (Lipinski definition) is 2. The quantitative estimate of drug-likeness (QED) is 0.450. The third-order valence-corrected chi connectivity index (χ3v) is 6.98. The Morgan fingerprint density at radius 1 is 0.853 bits per heavy atom. The van der Waals surface area contributed by atoms with Crippen LogP contribution in [0.3, 0.4) is 0 Å². The average molecular weight is 453 g/mol. The van der Waals surface area contributed by atoms with E-state index in [-0.39, 0.29) is 23.2 Å². The number of allylic oxidation sites excluding steroid dienone is 1. The van der Waals surface area contributed by atoms with Crippen LogP contribution in [-0.2, 0) is 10.2 Å². The zero-order valence-electron chi connectivity index (χ0n) is 20.3. The third-order valence-electron chi connectivity index (χ3n) is 6.98. The van der Waals surface area contributed by atoms with E-state index in [1.54, 1.807) is 7.11 Å². The minimum absolute atomic E-state index is 0.110. The van der Waals surface area contributed by atoms with Gasteiger partial charge in [0, 0.05) is 17.7 Å². The highest BCUT2D eigenvalue weighted by Crippen LogP contribution is 2.44. The van der Waals surface area contributed by atoms with Crippen LogP contribution in [0.1, 0.15) is 62.3 Å². The maximum absolute atomic E-state index is 13.7. The molecule has 0 bridgehead atoms. The minimum atomic E-state index is -0.238. The summed E-state index contributed by atoms with van der Waals surface area (Å²) in [6.45, 7) is 6.67. The van der Waals surface area contributed by atoms with Crippen LogP contribution >= 0.6 is 0 Å². The van der Waals surface area contributed by atoms with E-state index in [0.717, 1.165) is 40.4 Å². The highest BCUT2D eigenvalue weighted by molar-refractivity contribution is 6.01. The van der Waals surface area contributed by atoms with Crippen molar-refractivity contribution in [3.05, 3.63) is 101 Å². The zero-order valence-corrected chi connectivity index (χ0v) is 20.3. The van der Waals surface area contributed by atoms with E-state index >= 15 is 0 Å². The van der Waals surface area contributed by atoms with Crippen LogP contribution in [0.2, 0.25) is 0 Å². The molecule has 0 aromatic heterocycles. The summed E-state index contributed by atoms with van der Waals surface area (Å²) < 4.78 is 5.47. The smallest absolute Gasteiger partial charge is 0.163 e. The van der Waals surface area contributed by atoms with Crippen molar-refractivity contribution < 1.29 is 9.53 Å². The summed E-state index contributed by atoms with van der Waals surface area (Å²) in [5.74, 6) is 1.13. The molecule has 174 valence electrons. The van der Waals surface area contributed by atoms with Crippen molar-refractivity contribution in [2.45, 2.75) is 51.0 Å². The first-order chi connectivity index (χ1) is 16.3. The summed E-state index contributed by atoms with van der Waals surface area (Å²) in [6, 6.07) is 24.7. The lowest BCUT2D eigenvalue weighted by atomic mass is 9.77.